The molecular formula is C23H25Cl2NO2. The van der Waals surface area contributed by atoms with Crippen molar-refractivity contribution in [3.8, 4) is 0 Å². The molecule has 1 aromatic carbocycles. The van der Waals surface area contributed by atoms with E-state index in [1.807, 2.05) is 6.07 Å². The average molecular weight is 418 g/mol. The molecule has 0 N–H and O–H groups in total. The van der Waals surface area contributed by atoms with Crippen LogP contribution >= 0.6 is 23.2 Å². The number of carbonyl (C=O) groups excluding carboxylic acids is 2. The van der Waals surface area contributed by atoms with Crippen molar-refractivity contribution in [3.63, 3.8) is 0 Å². The fraction of sp³-hybridized carbons (Fsp3) is 0.522. The van der Waals surface area contributed by atoms with Crippen LogP contribution in [-0.2, 0) is 9.59 Å². The minimum atomic E-state index is -0.407. The molecule has 1 aliphatic heterocycles. The molecule has 1 aromatic rings. The molecule has 0 aromatic heterocycles. The highest BCUT2D eigenvalue weighted by Gasteiger charge is 2.50. The molecule has 3 aliphatic rings. The lowest BCUT2D eigenvalue weighted by molar-refractivity contribution is -0.124. The SMILES string of the molecule is CC1(C)CC(=O)C2C(=NC3=C(C(=O)CC(C)(C)C3)[C@H]2c2ccc(Cl)cc2Cl)C1. The van der Waals surface area contributed by atoms with E-state index in [2.05, 4.69) is 27.7 Å². The first-order valence-corrected chi connectivity index (χ1v) is 10.5. The van der Waals surface area contributed by atoms with E-state index in [0.29, 0.717) is 28.5 Å². The van der Waals surface area contributed by atoms with Gasteiger partial charge in [0.05, 0.1) is 5.92 Å². The van der Waals surface area contributed by atoms with Crippen LogP contribution in [0.3, 0.4) is 0 Å². The Bertz CT molecular complexity index is 955. The summed E-state index contributed by atoms with van der Waals surface area (Å²) < 4.78 is 0. The normalized spacial score (nSPS) is 28.6. The predicted octanol–water partition coefficient (Wildman–Crippen LogP) is 6.18. The zero-order chi connectivity index (χ0) is 20.4. The van der Waals surface area contributed by atoms with Crippen molar-refractivity contribution < 1.29 is 9.59 Å². The molecule has 3 nitrogen and oxygen atoms in total. The lowest BCUT2D eigenvalue weighted by Crippen LogP contribution is -2.45. The number of nitrogens with zero attached hydrogens (tertiary/aromatic N) is 1. The second-order valence-electron chi connectivity index (χ2n) is 10.0. The second kappa shape index (κ2) is 6.53. The van der Waals surface area contributed by atoms with Crippen molar-refractivity contribution in [1.82, 2.24) is 0 Å². The van der Waals surface area contributed by atoms with Gasteiger partial charge in [-0.05, 0) is 41.4 Å². The van der Waals surface area contributed by atoms with Gasteiger partial charge < -0.3 is 0 Å². The van der Waals surface area contributed by atoms with Crippen LogP contribution in [0.5, 0.6) is 0 Å². The molecule has 0 saturated heterocycles. The standard InChI is InChI=1S/C23H25Cl2NO2/c1-22(2)8-15-20(17(27)10-22)19(13-6-5-12(24)7-14(13)25)21-16(26-15)9-23(3,4)11-18(21)28/h5-7,19-20H,8-11H2,1-4H3/t19-,20?/m0/s1. The third-order valence-electron chi connectivity index (χ3n) is 6.14. The molecule has 1 saturated carbocycles. The van der Waals surface area contributed by atoms with E-state index in [1.54, 1.807) is 12.1 Å². The summed E-state index contributed by atoms with van der Waals surface area (Å²) in [5.74, 6) is -0.534. The maximum Gasteiger partial charge on any atom is 0.161 e. The molecule has 0 spiro atoms. The number of Topliss-reactive ketones (excluding diaryl/α,β-unsaturated/α-hetero) is 2. The molecule has 5 heteroatoms. The molecule has 28 heavy (non-hydrogen) atoms. The number of ketones is 2. The highest BCUT2D eigenvalue weighted by Crippen LogP contribution is 2.52. The molecule has 2 aliphatic carbocycles. The van der Waals surface area contributed by atoms with E-state index >= 15 is 0 Å². The minimum absolute atomic E-state index is 0.0858. The fourth-order valence-electron chi connectivity index (χ4n) is 5.10. The fourth-order valence-corrected chi connectivity index (χ4v) is 5.63. The van der Waals surface area contributed by atoms with Crippen LogP contribution in [0, 0.1) is 16.7 Å². The summed E-state index contributed by atoms with van der Waals surface area (Å²) in [5.41, 5.74) is 2.99. The average Bonchev–Trinajstić information content (AvgIpc) is 2.50. The van der Waals surface area contributed by atoms with Crippen LogP contribution in [0.1, 0.15) is 64.9 Å². The number of rotatable bonds is 1. The van der Waals surface area contributed by atoms with Gasteiger partial charge in [0.15, 0.2) is 5.78 Å². The Hall–Kier alpha value is -1.45. The summed E-state index contributed by atoms with van der Waals surface area (Å²) in [6, 6.07) is 5.34. The number of aliphatic imine (C=N–C) groups is 1. The summed E-state index contributed by atoms with van der Waals surface area (Å²) >= 11 is 12.7. The molecule has 2 atom stereocenters. The van der Waals surface area contributed by atoms with Crippen molar-refractivity contribution in [2.45, 2.75) is 59.3 Å². The number of carbonyl (C=O) groups is 2. The van der Waals surface area contributed by atoms with Crippen LogP contribution < -0.4 is 0 Å². The van der Waals surface area contributed by atoms with E-state index in [9.17, 15) is 9.59 Å². The number of halogens is 2. The van der Waals surface area contributed by atoms with Crippen molar-refractivity contribution in [3.05, 3.63) is 45.1 Å². The van der Waals surface area contributed by atoms with Gasteiger partial charge in [0.25, 0.3) is 0 Å². The molecule has 1 heterocycles. The number of fused-ring (bicyclic) bond motifs is 1. The Morgan fingerprint density at radius 3 is 2.29 bits per heavy atom. The minimum Gasteiger partial charge on any atom is -0.299 e. The zero-order valence-electron chi connectivity index (χ0n) is 16.7. The van der Waals surface area contributed by atoms with Crippen molar-refractivity contribution in [2.75, 3.05) is 0 Å². The highest BCUT2D eigenvalue weighted by molar-refractivity contribution is 6.35. The van der Waals surface area contributed by atoms with Gasteiger partial charge in [0.1, 0.15) is 5.78 Å². The van der Waals surface area contributed by atoms with Gasteiger partial charge in [0, 0.05) is 45.8 Å². The largest absolute Gasteiger partial charge is 0.299 e. The Balaban J connectivity index is 1.94. The number of hydrogen-bond acceptors (Lipinski definition) is 3. The summed E-state index contributed by atoms with van der Waals surface area (Å²) in [4.78, 5) is 31.4. The number of hydrogen-bond donors (Lipinski definition) is 0. The summed E-state index contributed by atoms with van der Waals surface area (Å²) in [6.45, 7) is 8.41. The van der Waals surface area contributed by atoms with Gasteiger partial charge in [-0.1, -0.05) is 57.0 Å². The first kappa shape index (κ1) is 19.8. The molecule has 148 valence electrons. The summed E-state index contributed by atoms with van der Waals surface area (Å²) in [7, 11) is 0. The molecule has 1 fully saturated rings. The smallest absolute Gasteiger partial charge is 0.161 e. The van der Waals surface area contributed by atoms with Crippen LogP contribution in [-0.4, -0.2) is 17.3 Å². The molecule has 0 bridgehead atoms. The van der Waals surface area contributed by atoms with Crippen molar-refractivity contribution >= 4 is 40.5 Å². The van der Waals surface area contributed by atoms with E-state index < -0.39 is 5.92 Å². The van der Waals surface area contributed by atoms with Gasteiger partial charge in [-0.25, -0.2) is 0 Å². The van der Waals surface area contributed by atoms with E-state index in [-0.39, 0.29) is 28.3 Å². The molecule has 4 rings (SSSR count). The Kier molecular flexibility index (Phi) is 4.63. The van der Waals surface area contributed by atoms with Crippen molar-refractivity contribution in [1.29, 1.82) is 0 Å². The molecule has 0 amide bonds. The van der Waals surface area contributed by atoms with Crippen LogP contribution in [0.25, 0.3) is 0 Å². The first-order valence-electron chi connectivity index (χ1n) is 9.79. The quantitative estimate of drug-likeness (QED) is 0.547. The highest BCUT2D eigenvalue weighted by atomic mass is 35.5. The van der Waals surface area contributed by atoms with Crippen LogP contribution in [0.4, 0.5) is 0 Å². The van der Waals surface area contributed by atoms with Gasteiger partial charge in [-0.15, -0.1) is 0 Å². The summed E-state index contributed by atoms with van der Waals surface area (Å²) in [6.07, 6.45) is 2.45. The predicted molar refractivity (Wildman–Crippen MR) is 113 cm³/mol. The lowest BCUT2D eigenvalue weighted by atomic mass is 9.60. The summed E-state index contributed by atoms with van der Waals surface area (Å²) in [5, 5.41) is 1.04. The van der Waals surface area contributed by atoms with Crippen LogP contribution in [0.2, 0.25) is 10.0 Å². The van der Waals surface area contributed by atoms with E-state index in [1.165, 1.54) is 0 Å². The van der Waals surface area contributed by atoms with Crippen molar-refractivity contribution in [2.24, 2.45) is 21.7 Å². The number of benzene rings is 1. The third-order valence-corrected chi connectivity index (χ3v) is 6.70. The maximum atomic E-state index is 13.2. The maximum absolute atomic E-state index is 13.2. The Morgan fingerprint density at radius 1 is 0.929 bits per heavy atom. The molecule has 0 radical (unpaired) electrons. The van der Waals surface area contributed by atoms with E-state index in [0.717, 1.165) is 29.8 Å². The third kappa shape index (κ3) is 3.37. The molecular weight excluding hydrogens is 393 g/mol. The zero-order valence-corrected chi connectivity index (χ0v) is 18.2. The molecule has 1 unspecified atom stereocenters. The van der Waals surface area contributed by atoms with E-state index in [4.69, 9.17) is 28.2 Å². The number of allylic oxidation sites excluding steroid dienone is 2. The second-order valence-corrected chi connectivity index (χ2v) is 10.9. The first-order chi connectivity index (χ1) is 13.0. The Morgan fingerprint density at radius 2 is 1.61 bits per heavy atom. The topological polar surface area (TPSA) is 46.5 Å². The van der Waals surface area contributed by atoms with Gasteiger partial charge in [-0.3, -0.25) is 14.6 Å². The van der Waals surface area contributed by atoms with Crippen LogP contribution in [0.15, 0.2) is 34.5 Å². The monoisotopic (exact) mass is 417 g/mol. The lowest BCUT2D eigenvalue weighted by Gasteiger charge is -2.44. The van der Waals surface area contributed by atoms with Gasteiger partial charge in [-0.2, -0.15) is 0 Å². The van der Waals surface area contributed by atoms with Gasteiger partial charge >= 0.3 is 0 Å². The van der Waals surface area contributed by atoms with Gasteiger partial charge in [0.2, 0.25) is 0 Å². The Labute approximate surface area is 176 Å².